The smallest absolute Gasteiger partial charge is 0.124 e. The van der Waals surface area contributed by atoms with Crippen molar-refractivity contribution in [3.05, 3.63) is 65.2 Å². The molecule has 1 atom stereocenters. The Morgan fingerprint density at radius 3 is 2.75 bits per heavy atom. The molecule has 2 aromatic carbocycles. The van der Waals surface area contributed by atoms with Crippen molar-refractivity contribution in [3.8, 4) is 0 Å². The minimum Gasteiger partial charge on any atom is -0.367 e. The van der Waals surface area contributed by atoms with E-state index in [9.17, 15) is 4.79 Å². The number of aryl methyl sites for hydroxylation is 1. The molecule has 0 aromatic heterocycles. The maximum Gasteiger partial charge on any atom is 0.124 e. The van der Waals surface area contributed by atoms with Crippen LogP contribution in [0.5, 0.6) is 0 Å². The lowest BCUT2D eigenvalue weighted by Crippen LogP contribution is -2.29. The van der Waals surface area contributed by atoms with Gasteiger partial charge in [0.25, 0.3) is 0 Å². The van der Waals surface area contributed by atoms with Crippen LogP contribution in [0.4, 0.5) is 5.69 Å². The maximum absolute atomic E-state index is 10.6. The zero-order valence-electron chi connectivity index (χ0n) is 11.8. The van der Waals surface area contributed by atoms with Crippen molar-refractivity contribution in [2.75, 3.05) is 11.9 Å². The Morgan fingerprint density at radius 1 is 1.20 bits per heavy atom. The number of hydrogen-bond donors (Lipinski definition) is 0. The standard InChI is InChI=1S/C18H19NO/c1-19-17(15-5-3-2-4-6-15)10-8-16-13-14(11-12-20)7-9-18(16)19/h2-7,9,12-13,17H,8,10-11H2,1H3. The Kier molecular flexibility index (Phi) is 3.55. The van der Waals surface area contributed by atoms with Gasteiger partial charge in [0.2, 0.25) is 0 Å². The van der Waals surface area contributed by atoms with Gasteiger partial charge in [-0.3, -0.25) is 0 Å². The van der Waals surface area contributed by atoms with Crippen LogP contribution >= 0.6 is 0 Å². The molecule has 2 heteroatoms. The maximum atomic E-state index is 10.6. The van der Waals surface area contributed by atoms with E-state index in [1.807, 2.05) is 0 Å². The number of carbonyl (C=O) groups excluding carboxylic acids is 1. The number of hydrogen-bond acceptors (Lipinski definition) is 2. The van der Waals surface area contributed by atoms with Gasteiger partial charge in [-0.25, -0.2) is 0 Å². The second kappa shape index (κ2) is 5.49. The summed E-state index contributed by atoms with van der Waals surface area (Å²) in [5.74, 6) is 0. The molecule has 2 nitrogen and oxygen atoms in total. The van der Waals surface area contributed by atoms with Crippen LogP contribution in [0.2, 0.25) is 0 Å². The molecule has 0 aliphatic carbocycles. The summed E-state index contributed by atoms with van der Waals surface area (Å²) >= 11 is 0. The summed E-state index contributed by atoms with van der Waals surface area (Å²) in [6.07, 6.45) is 3.68. The summed E-state index contributed by atoms with van der Waals surface area (Å²) in [6, 6.07) is 17.5. The first kappa shape index (κ1) is 12.9. The summed E-state index contributed by atoms with van der Waals surface area (Å²) in [4.78, 5) is 13.0. The van der Waals surface area contributed by atoms with E-state index < -0.39 is 0 Å². The van der Waals surface area contributed by atoms with Gasteiger partial charge >= 0.3 is 0 Å². The van der Waals surface area contributed by atoms with Crippen LogP contribution in [0.3, 0.4) is 0 Å². The second-order valence-corrected chi connectivity index (χ2v) is 5.41. The third-order valence-electron chi connectivity index (χ3n) is 4.18. The lowest BCUT2D eigenvalue weighted by atomic mass is 9.90. The van der Waals surface area contributed by atoms with Gasteiger partial charge < -0.3 is 9.69 Å². The molecule has 1 unspecified atom stereocenters. The summed E-state index contributed by atoms with van der Waals surface area (Å²) < 4.78 is 0. The predicted molar refractivity (Wildman–Crippen MR) is 82.1 cm³/mol. The first-order chi connectivity index (χ1) is 9.79. The molecule has 0 amide bonds. The van der Waals surface area contributed by atoms with Crippen molar-refractivity contribution < 1.29 is 4.79 Å². The highest BCUT2D eigenvalue weighted by atomic mass is 16.1. The quantitative estimate of drug-likeness (QED) is 0.791. The lowest BCUT2D eigenvalue weighted by Gasteiger charge is -2.36. The fourth-order valence-corrected chi connectivity index (χ4v) is 3.13. The number of fused-ring (bicyclic) bond motifs is 1. The number of carbonyl (C=O) groups is 1. The molecule has 0 N–H and O–H groups in total. The van der Waals surface area contributed by atoms with E-state index in [2.05, 4.69) is 60.5 Å². The molecular formula is C18H19NO. The van der Waals surface area contributed by atoms with Crippen LogP contribution in [0, 0.1) is 0 Å². The molecule has 3 rings (SSSR count). The fraction of sp³-hybridized carbons (Fsp3) is 0.278. The molecule has 1 aliphatic heterocycles. The van der Waals surface area contributed by atoms with Crippen molar-refractivity contribution in [2.24, 2.45) is 0 Å². The molecule has 2 aromatic rings. The Labute approximate surface area is 120 Å². The van der Waals surface area contributed by atoms with Gasteiger partial charge in [0.05, 0.1) is 6.04 Å². The molecule has 0 radical (unpaired) electrons. The SMILES string of the molecule is CN1c2ccc(CC=O)cc2CCC1c1ccccc1. The van der Waals surface area contributed by atoms with E-state index in [0.29, 0.717) is 12.5 Å². The van der Waals surface area contributed by atoms with Gasteiger partial charge in [-0.15, -0.1) is 0 Å². The topological polar surface area (TPSA) is 20.3 Å². The third-order valence-corrected chi connectivity index (χ3v) is 4.18. The largest absolute Gasteiger partial charge is 0.367 e. The van der Waals surface area contributed by atoms with Crippen molar-refractivity contribution in [1.29, 1.82) is 0 Å². The lowest BCUT2D eigenvalue weighted by molar-refractivity contribution is -0.107. The first-order valence-corrected chi connectivity index (χ1v) is 7.13. The van der Waals surface area contributed by atoms with Crippen LogP contribution in [-0.2, 0) is 17.6 Å². The minimum atomic E-state index is 0.445. The number of nitrogens with zero attached hydrogens (tertiary/aromatic N) is 1. The van der Waals surface area contributed by atoms with E-state index in [0.717, 1.165) is 24.7 Å². The number of aldehydes is 1. The van der Waals surface area contributed by atoms with Gasteiger partial charge in [-0.2, -0.15) is 0 Å². The van der Waals surface area contributed by atoms with Crippen LogP contribution in [0.15, 0.2) is 48.5 Å². The van der Waals surface area contributed by atoms with Crippen LogP contribution in [0.25, 0.3) is 0 Å². The molecule has 0 bridgehead atoms. The highest BCUT2D eigenvalue weighted by Gasteiger charge is 2.24. The number of rotatable bonds is 3. The normalized spacial score (nSPS) is 17.6. The van der Waals surface area contributed by atoms with E-state index in [4.69, 9.17) is 0 Å². The van der Waals surface area contributed by atoms with Gasteiger partial charge in [-0.1, -0.05) is 42.5 Å². The average Bonchev–Trinajstić information content (AvgIpc) is 2.49. The predicted octanol–water partition coefficient (Wildman–Crippen LogP) is 3.55. The van der Waals surface area contributed by atoms with E-state index in [1.54, 1.807) is 0 Å². The van der Waals surface area contributed by atoms with Crippen molar-refractivity contribution in [3.63, 3.8) is 0 Å². The molecule has 0 spiro atoms. The Balaban J connectivity index is 1.91. The molecule has 0 fully saturated rings. The van der Waals surface area contributed by atoms with Crippen LogP contribution < -0.4 is 4.90 Å². The molecule has 0 saturated carbocycles. The Hall–Kier alpha value is -2.09. The number of benzene rings is 2. The van der Waals surface area contributed by atoms with E-state index in [-0.39, 0.29) is 0 Å². The van der Waals surface area contributed by atoms with Crippen LogP contribution in [0.1, 0.15) is 29.2 Å². The highest BCUT2D eigenvalue weighted by molar-refractivity contribution is 5.61. The zero-order valence-corrected chi connectivity index (χ0v) is 11.8. The van der Waals surface area contributed by atoms with E-state index >= 15 is 0 Å². The summed E-state index contributed by atoms with van der Waals surface area (Å²) in [5, 5.41) is 0. The van der Waals surface area contributed by atoms with Crippen molar-refractivity contribution >= 4 is 12.0 Å². The monoisotopic (exact) mass is 265 g/mol. The molecule has 1 aliphatic rings. The summed E-state index contributed by atoms with van der Waals surface area (Å²) in [7, 11) is 2.16. The fourth-order valence-electron chi connectivity index (χ4n) is 3.13. The summed E-state index contributed by atoms with van der Waals surface area (Å²) in [6.45, 7) is 0. The average molecular weight is 265 g/mol. The summed E-state index contributed by atoms with van der Waals surface area (Å²) in [5.41, 5.74) is 5.14. The molecular weight excluding hydrogens is 246 g/mol. The molecule has 0 saturated heterocycles. The molecule has 20 heavy (non-hydrogen) atoms. The van der Waals surface area contributed by atoms with Crippen LogP contribution in [-0.4, -0.2) is 13.3 Å². The second-order valence-electron chi connectivity index (χ2n) is 5.41. The zero-order chi connectivity index (χ0) is 13.9. The Morgan fingerprint density at radius 2 is 2.00 bits per heavy atom. The highest BCUT2D eigenvalue weighted by Crippen LogP contribution is 2.37. The van der Waals surface area contributed by atoms with Gasteiger partial charge in [0.15, 0.2) is 0 Å². The Bertz CT molecular complexity index is 606. The van der Waals surface area contributed by atoms with Gasteiger partial charge in [-0.05, 0) is 35.6 Å². The first-order valence-electron chi connectivity index (χ1n) is 7.13. The molecule has 1 heterocycles. The minimum absolute atomic E-state index is 0.445. The van der Waals surface area contributed by atoms with Crippen molar-refractivity contribution in [2.45, 2.75) is 25.3 Å². The van der Waals surface area contributed by atoms with Crippen molar-refractivity contribution in [1.82, 2.24) is 0 Å². The third kappa shape index (κ3) is 2.34. The van der Waals surface area contributed by atoms with Gasteiger partial charge in [0.1, 0.15) is 6.29 Å². The molecule has 102 valence electrons. The van der Waals surface area contributed by atoms with Gasteiger partial charge in [0, 0.05) is 19.2 Å². The van der Waals surface area contributed by atoms with E-state index in [1.165, 1.54) is 16.8 Å². The number of anilines is 1.